The van der Waals surface area contributed by atoms with E-state index in [0.717, 1.165) is 17.7 Å². The standard InChI is InChI=1S/C16H23N3O2S2/c1-22-14-7-9-15(10-8-14)23(20,21)19-12-11-18(16(19)17)13-5-3-2-4-6-13/h7-10,13,17H,2-6,11-12H2,1H3. The molecule has 1 aromatic carbocycles. The van der Waals surface area contributed by atoms with Crippen LogP contribution in [-0.2, 0) is 10.0 Å². The molecule has 1 aromatic rings. The summed E-state index contributed by atoms with van der Waals surface area (Å²) in [5.41, 5.74) is 0. The van der Waals surface area contributed by atoms with Gasteiger partial charge in [0.15, 0.2) is 0 Å². The van der Waals surface area contributed by atoms with E-state index in [2.05, 4.69) is 0 Å². The van der Waals surface area contributed by atoms with E-state index in [1.807, 2.05) is 23.3 Å². The van der Waals surface area contributed by atoms with Crippen LogP contribution < -0.4 is 0 Å². The van der Waals surface area contributed by atoms with Crippen LogP contribution in [0.2, 0.25) is 0 Å². The molecule has 0 atom stereocenters. The monoisotopic (exact) mass is 353 g/mol. The van der Waals surface area contributed by atoms with E-state index in [-0.39, 0.29) is 10.9 Å². The summed E-state index contributed by atoms with van der Waals surface area (Å²) in [5.74, 6) is 0.144. The predicted molar refractivity (Wildman–Crippen MR) is 93.4 cm³/mol. The van der Waals surface area contributed by atoms with Crippen molar-refractivity contribution in [3.8, 4) is 0 Å². The number of nitrogens with one attached hydrogen (secondary N) is 1. The van der Waals surface area contributed by atoms with Gasteiger partial charge in [-0.25, -0.2) is 12.7 Å². The summed E-state index contributed by atoms with van der Waals surface area (Å²) in [5, 5.41) is 8.35. The molecule has 1 N–H and O–H groups in total. The van der Waals surface area contributed by atoms with E-state index >= 15 is 0 Å². The Morgan fingerprint density at radius 2 is 1.74 bits per heavy atom. The lowest BCUT2D eigenvalue weighted by Gasteiger charge is -2.32. The van der Waals surface area contributed by atoms with Crippen LogP contribution in [0.1, 0.15) is 32.1 Å². The lowest BCUT2D eigenvalue weighted by molar-refractivity contribution is 0.260. The minimum Gasteiger partial charge on any atom is -0.337 e. The third-order valence-electron chi connectivity index (χ3n) is 4.72. The van der Waals surface area contributed by atoms with Crippen molar-refractivity contribution in [1.29, 1.82) is 5.41 Å². The fourth-order valence-corrected chi connectivity index (χ4v) is 5.21. The number of nitrogens with zero attached hydrogens (tertiary/aromatic N) is 2. The Hall–Kier alpha value is -1.21. The van der Waals surface area contributed by atoms with Gasteiger partial charge in [-0.15, -0.1) is 11.8 Å². The number of sulfonamides is 1. The Balaban J connectivity index is 1.78. The molecule has 126 valence electrons. The quantitative estimate of drug-likeness (QED) is 0.845. The number of guanidine groups is 1. The Morgan fingerprint density at radius 1 is 1.09 bits per heavy atom. The minimum absolute atomic E-state index is 0.144. The summed E-state index contributed by atoms with van der Waals surface area (Å²) in [6.45, 7) is 1.01. The van der Waals surface area contributed by atoms with Gasteiger partial charge >= 0.3 is 0 Å². The SMILES string of the molecule is CSc1ccc(S(=O)(=O)N2CCN(C3CCCCC3)C2=N)cc1. The molecular formula is C16H23N3O2S2. The molecule has 0 unspecified atom stereocenters. The Bertz CT molecular complexity index is 667. The Kier molecular flexibility index (Phi) is 4.87. The van der Waals surface area contributed by atoms with Gasteiger partial charge in [-0.05, 0) is 43.4 Å². The van der Waals surface area contributed by atoms with Gasteiger partial charge in [-0.2, -0.15) is 0 Å². The maximum atomic E-state index is 12.8. The molecule has 0 bridgehead atoms. The first-order valence-corrected chi connectivity index (χ1v) is 10.7. The van der Waals surface area contributed by atoms with Gasteiger partial charge in [-0.1, -0.05) is 19.3 Å². The predicted octanol–water partition coefficient (Wildman–Crippen LogP) is 2.98. The van der Waals surface area contributed by atoms with Crippen molar-refractivity contribution in [3.63, 3.8) is 0 Å². The first-order valence-electron chi connectivity index (χ1n) is 8.06. The molecule has 5 nitrogen and oxygen atoms in total. The van der Waals surface area contributed by atoms with Gasteiger partial charge in [0.1, 0.15) is 0 Å². The third-order valence-corrected chi connectivity index (χ3v) is 7.26. The van der Waals surface area contributed by atoms with E-state index < -0.39 is 10.0 Å². The van der Waals surface area contributed by atoms with Gasteiger partial charge in [0.25, 0.3) is 10.0 Å². The zero-order chi connectivity index (χ0) is 16.4. The summed E-state index contributed by atoms with van der Waals surface area (Å²) in [6.07, 6.45) is 7.70. The molecule has 2 fully saturated rings. The highest BCUT2D eigenvalue weighted by molar-refractivity contribution is 7.98. The van der Waals surface area contributed by atoms with Crippen LogP contribution in [0, 0.1) is 5.41 Å². The molecule has 2 aliphatic rings. The topological polar surface area (TPSA) is 64.5 Å². The van der Waals surface area contributed by atoms with Crippen LogP contribution in [-0.4, -0.2) is 49.0 Å². The van der Waals surface area contributed by atoms with E-state index in [1.54, 1.807) is 23.9 Å². The fraction of sp³-hybridized carbons (Fsp3) is 0.562. The highest BCUT2D eigenvalue weighted by Gasteiger charge is 2.38. The van der Waals surface area contributed by atoms with Crippen molar-refractivity contribution in [2.75, 3.05) is 19.3 Å². The van der Waals surface area contributed by atoms with Crippen molar-refractivity contribution in [1.82, 2.24) is 9.21 Å². The molecule has 1 heterocycles. The molecule has 1 saturated carbocycles. The van der Waals surface area contributed by atoms with Gasteiger partial charge in [0.05, 0.1) is 11.4 Å². The van der Waals surface area contributed by atoms with E-state index in [1.165, 1.54) is 23.6 Å². The Morgan fingerprint density at radius 3 is 2.35 bits per heavy atom. The molecule has 23 heavy (non-hydrogen) atoms. The van der Waals surface area contributed by atoms with Crippen LogP contribution in [0.3, 0.4) is 0 Å². The van der Waals surface area contributed by atoms with Crippen LogP contribution in [0.15, 0.2) is 34.1 Å². The average molecular weight is 354 g/mol. The van der Waals surface area contributed by atoms with E-state index in [4.69, 9.17) is 5.41 Å². The highest BCUT2D eigenvalue weighted by Crippen LogP contribution is 2.28. The summed E-state index contributed by atoms with van der Waals surface area (Å²) in [4.78, 5) is 3.28. The van der Waals surface area contributed by atoms with Gasteiger partial charge in [0, 0.05) is 17.5 Å². The zero-order valence-electron chi connectivity index (χ0n) is 13.4. The van der Waals surface area contributed by atoms with E-state index in [9.17, 15) is 8.42 Å². The summed E-state index contributed by atoms with van der Waals surface area (Å²) in [7, 11) is -3.63. The fourth-order valence-electron chi connectivity index (χ4n) is 3.41. The van der Waals surface area contributed by atoms with Crippen LogP contribution in [0.25, 0.3) is 0 Å². The van der Waals surface area contributed by atoms with Crippen LogP contribution in [0.4, 0.5) is 0 Å². The zero-order valence-corrected chi connectivity index (χ0v) is 15.0. The first kappa shape index (κ1) is 16.6. The van der Waals surface area contributed by atoms with Crippen molar-refractivity contribution >= 4 is 27.7 Å². The second-order valence-electron chi connectivity index (χ2n) is 6.06. The smallest absolute Gasteiger partial charge is 0.266 e. The molecule has 1 aliphatic heterocycles. The van der Waals surface area contributed by atoms with Crippen LogP contribution >= 0.6 is 11.8 Å². The molecule has 0 spiro atoms. The normalized spacial score (nSPS) is 20.3. The minimum atomic E-state index is -3.63. The second kappa shape index (κ2) is 6.73. The van der Waals surface area contributed by atoms with E-state index in [0.29, 0.717) is 19.1 Å². The lowest BCUT2D eigenvalue weighted by Crippen LogP contribution is -2.42. The molecule has 3 rings (SSSR count). The average Bonchev–Trinajstić information content (AvgIpc) is 2.98. The molecule has 1 saturated heterocycles. The van der Waals surface area contributed by atoms with Gasteiger partial charge in [-0.3, -0.25) is 5.41 Å². The summed E-state index contributed by atoms with van der Waals surface area (Å²) in [6, 6.07) is 7.23. The molecule has 7 heteroatoms. The number of thioether (sulfide) groups is 1. The number of rotatable bonds is 4. The molecular weight excluding hydrogens is 330 g/mol. The third kappa shape index (κ3) is 3.21. The van der Waals surface area contributed by atoms with Gasteiger partial charge < -0.3 is 4.90 Å². The number of benzene rings is 1. The number of hydrogen-bond donors (Lipinski definition) is 1. The second-order valence-corrected chi connectivity index (χ2v) is 8.80. The maximum Gasteiger partial charge on any atom is 0.266 e. The summed E-state index contributed by atoms with van der Waals surface area (Å²) < 4.78 is 26.9. The van der Waals surface area contributed by atoms with Crippen molar-refractivity contribution in [3.05, 3.63) is 24.3 Å². The van der Waals surface area contributed by atoms with Gasteiger partial charge in [0.2, 0.25) is 5.96 Å². The van der Waals surface area contributed by atoms with Crippen molar-refractivity contribution in [2.24, 2.45) is 0 Å². The summed E-state index contributed by atoms with van der Waals surface area (Å²) >= 11 is 1.58. The van der Waals surface area contributed by atoms with Crippen molar-refractivity contribution in [2.45, 2.75) is 47.9 Å². The number of hydrogen-bond acceptors (Lipinski definition) is 4. The molecule has 0 radical (unpaired) electrons. The molecule has 1 aliphatic carbocycles. The van der Waals surface area contributed by atoms with Crippen LogP contribution in [0.5, 0.6) is 0 Å². The highest BCUT2D eigenvalue weighted by atomic mass is 32.2. The largest absolute Gasteiger partial charge is 0.337 e. The lowest BCUT2D eigenvalue weighted by atomic mass is 9.94. The Labute approximate surface area is 142 Å². The molecule has 0 amide bonds. The molecule has 0 aromatic heterocycles. The first-order chi connectivity index (χ1) is 11.0. The maximum absolute atomic E-state index is 12.8. The van der Waals surface area contributed by atoms with Crippen molar-refractivity contribution < 1.29 is 8.42 Å².